The van der Waals surface area contributed by atoms with Crippen LogP contribution in [0, 0.1) is 6.92 Å². The molecule has 1 aromatic rings. The fourth-order valence-corrected chi connectivity index (χ4v) is 2.53. The summed E-state index contributed by atoms with van der Waals surface area (Å²) in [4.78, 5) is 1.29. The number of hydrazine groups is 1. The number of hydrogen-bond donors (Lipinski definition) is 2. The Labute approximate surface area is 95.6 Å². The van der Waals surface area contributed by atoms with Crippen LogP contribution in [-0.4, -0.2) is 12.7 Å². The topological polar surface area (TPSA) is 47.3 Å². The molecule has 0 aliphatic carbocycles. The van der Waals surface area contributed by atoms with Crippen molar-refractivity contribution < 1.29 is 4.74 Å². The van der Waals surface area contributed by atoms with E-state index in [4.69, 9.17) is 10.6 Å². The summed E-state index contributed by atoms with van der Waals surface area (Å²) in [6.45, 7) is 6.25. The molecule has 0 saturated carbocycles. The highest BCUT2D eigenvalue weighted by molar-refractivity contribution is 7.10. The highest BCUT2D eigenvalue weighted by atomic mass is 32.1. The Morgan fingerprint density at radius 1 is 1.60 bits per heavy atom. The maximum Gasteiger partial charge on any atom is 0.0641 e. The number of aryl methyl sites for hydroxylation is 1. The summed E-state index contributed by atoms with van der Waals surface area (Å²) < 4.78 is 5.42. The van der Waals surface area contributed by atoms with E-state index < -0.39 is 0 Å². The molecule has 0 aromatic carbocycles. The van der Waals surface area contributed by atoms with Crippen LogP contribution in [0.5, 0.6) is 0 Å². The normalized spacial score (nSPS) is 14.2. The van der Waals surface area contributed by atoms with Crippen molar-refractivity contribution in [3.8, 4) is 0 Å². The molecule has 3 N–H and O–H groups in total. The number of methoxy groups -OCH3 is 1. The van der Waals surface area contributed by atoms with E-state index in [1.165, 1.54) is 10.4 Å². The van der Waals surface area contributed by atoms with Gasteiger partial charge in [0.1, 0.15) is 0 Å². The summed E-state index contributed by atoms with van der Waals surface area (Å²) in [7, 11) is 1.73. The van der Waals surface area contributed by atoms with Crippen LogP contribution in [0.2, 0.25) is 0 Å². The molecule has 0 aliphatic heterocycles. The zero-order valence-electron chi connectivity index (χ0n) is 9.83. The third-order valence-corrected chi connectivity index (χ3v) is 3.80. The van der Waals surface area contributed by atoms with E-state index in [1.54, 1.807) is 18.4 Å². The van der Waals surface area contributed by atoms with Crippen molar-refractivity contribution in [1.82, 2.24) is 5.43 Å². The molecule has 0 radical (unpaired) electrons. The van der Waals surface area contributed by atoms with Crippen molar-refractivity contribution in [2.45, 2.75) is 38.8 Å². The number of ether oxygens (including phenoxy) is 1. The van der Waals surface area contributed by atoms with Crippen LogP contribution < -0.4 is 11.3 Å². The lowest BCUT2D eigenvalue weighted by Gasteiger charge is -2.28. The molecular formula is C11H20N2OS. The van der Waals surface area contributed by atoms with Gasteiger partial charge in [-0.05, 0) is 44.2 Å². The zero-order valence-corrected chi connectivity index (χ0v) is 10.6. The second-order valence-electron chi connectivity index (χ2n) is 4.36. The molecule has 4 heteroatoms. The minimum Gasteiger partial charge on any atom is -0.379 e. The van der Waals surface area contributed by atoms with Gasteiger partial charge in [0.15, 0.2) is 0 Å². The SMILES string of the molecule is COC(C)(C)CC(NN)c1sccc1C. The average molecular weight is 228 g/mol. The van der Waals surface area contributed by atoms with Gasteiger partial charge in [0, 0.05) is 12.0 Å². The lowest BCUT2D eigenvalue weighted by atomic mass is 9.97. The largest absolute Gasteiger partial charge is 0.379 e. The summed E-state index contributed by atoms with van der Waals surface area (Å²) in [5, 5.41) is 2.09. The first-order chi connectivity index (χ1) is 7.00. The van der Waals surface area contributed by atoms with Gasteiger partial charge in [-0.1, -0.05) is 0 Å². The third kappa shape index (κ3) is 3.28. The predicted octanol–water partition coefficient (Wildman–Crippen LogP) is 2.38. The molecule has 0 aliphatic rings. The molecule has 15 heavy (non-hydrogen) atoms. The van der Waals surface area contributed by atoms with Crippen LogP contribution in [-0.2, 0) is 4.74 Å². The Morgan fingerprint density at radius 2 is 2.27 bits per heavy atom. The molecule has 86 valence electrons. The quantitative estimate of drug-likeness (QED) is 0.601. The van der Waals surface area contributed by atoms with Crippen molar-refractivity contribution >= 4 is 11.3 Å². The maximum atomic E-state index is 5.60. The lowest BCUT2D eigenvalue weighted by molar-refractivity contribution is 0.00707. The lowest BCUT2D eigenvalue weighted by Crippen LogP contribution is -2.35. The van der Waals surface area contributed by atoms with Crippen LogP contribution in [0.1, 0.15) is 36.8 Å². The summed E-state index contributed by atoms with van der Waals surface area (Å²) in [5.74, 6) is 5.60. The van der Waals surface area contributed by atoms with Gasteiger partial charge in [-0.25, -0.2) is 0 Å². The molecule has 0 spiro atoms. The summed E-state index contributed by atoms with van der Waals surface area (Å²) >= 11 is 1.74. The minimum absolute atomic E-state index is 0.159. The molecule has 0 bridgehead atoms. The van der Waals surface area contributed by atoms with Crippen LogP contribution in [0.3, 0.4) is 0 Å². The Hall–Kier alpha value is -0.420. The molecule has 0 amide bonds. The van der Waals surface area contributed by atoms with Gasteiger partial charge in [0.2, 0.25) is 0 Å². The van der Waals surface area contributed by atoms with Crippen molar-refractivity contribution in [1.29, 1.82) is 0 Å². The van der Waals surface area contributed by atoms with Crippen LogP contribution in [0.4, 0.5) is 0 Å². The number of nitrogens with one attached hydrogen (secondary N) is 1. The Balaban J connectivity index is 2.77. The number of nitrogens with two attached hydrogens (primary N) is 1. The van der Waals surface area contributed by atoms with Gasteiger partial charge in [-0.15, -0.1) is 11.3 Å². The van der Waals surface area contributed by atoms with Crippen molar-refractivity contribution in [3.63, 3.8) is 0 Å². The Bertz CT molecular complexity index is 309. The van der Waals surface area contributed by atoms with Gasteiger partial charge >= 0.3 is 0 Å². The Kier molecular flexibility index (Phi) is 4.28. The highest BCUT2D eigenvalue weighted by Gasteiger charge is 2.24. The van der Waals surface area contributed by atoms with E-state index in [9.17, 15) is 0 Å². The minimum atomic E-state index is -0.159. The monoisotopic (exact) mass is 228 g/mol. The van der Waals surface area contributed by atoms with Gasteiger partial charge in [0.25, 0.3) is 0 Å². The molecule has 3 nitrogen and oxygen atoms in total. The van der Waals surface area contributed by atoms with Gasteiger partial charge < -0.3 is 4.74 Å². The van der Waals surface area contributed by atoms with Gasteiger partial charge in [-0.3, -0.25) is 11.3 Å². The first-order valence-corrected chi connectivity index (χ1v) is 5.93. The summed E-state index contributed by atoms with van der Waals surface area (Å²) in [6.07, 6.45) is 0.862. The molecule has 0 fully saturated rings. The van der Waals surface area contributed by atoms with E-state index in [0.717, 1.165) is 6.42 Å². The first-order valence-electron chi connectivity index (χ1n) is 5.05. The molecule has 1 atom stereocenters. The number of hydrogen-bond acceptors (Lipinski definition) is 4. The van der Waals surface area contributed by atoms with Crippen LogP contribution in [0.15, 0.2) is 11.4 Å². The second-order valence-corrected chi connectivity index (χ2v) is 5.30. The highest BCUT2D eigenvalue weighted by Crippen LogP contribution is 2.30. The van der Waals surface area contributed by atoms with E-state index in [1.807, 2.05) is 0 Å². The van der Waals surface area contributed by atoms with Crippen molar-refractivity contribution in [2.24, 2.45) is 5.84 Å². The van der Waals surface area contributed by atoms with Crippen LogP contribution >= 0.6 is 11.3 Å². The standard InChI is InChI=1S/C11H20N2OS/c1-8-5-6-15-10(8)9(13-12)7-11(2,3)14-4/h5-6,9,13H,7,12H2,1-4H3. The third-order valence-electron chi connectivity index (χ3n) is 2.67. The summed E-state index contributed by atoms with van der Waals surface area (Å²) in [5.41, 5.74) is 3.99. The molecule has 1 aromatic heterocycles. The number of rotatable bonds is 5. The fraction of sp³-hybridized carbons (Fsp3) is 0.636. The van der Waals surface area contributed by atoms with Gasteiger partial charge in [-0.2, -0.15) is 0 Å². The maximum absolute atomic E-state index is 5.60. The van der Waals surface area contributed by atoms with E-state index >= 15 is 0 Å². The summed E-state index contributed by atoms with van der Waals surface area (Å²) in [6, 6.07) is 2.28. The molecule has 0 saturated heterocycles. The van der Waals surface area contributed by atoms with Crippen molar-refractivity contribution in [2.75, 3.05) is 7.11 Å². The molecule has 1 heterocycles. The van der Waals surface area contributed by atoms with Gasteiger partial charge in [0.05, 0.1) is 11.6 Å². The predicted molar refractivity (Wildman–Crippen MR) is 64.8 cm³/mol. The second kappa shape index (κ2) is 5.07. The van der Waals surface area contributed by atoms with Crippen molar-refractivity contribution in [3.05, 3.63) is 21.9 Å². The average Bonchev–Trinajstić information content (AvgIpc) is 2.61. The van der Waals surface area contributed by atoms with E-state index in [2.05, 4.69) is 37.6 Å². The van der Waals surface area contributed by atoms with Crippen LogP contribution in [0.25, 0.3) is 0 Å². The molecule has 1 rings (SSSR count). The van der Waals surface area contributed by atoms with E-state index in [-0.39, 0.29) is 11.6 Å². The fourth-order valence-electron chi connectivity index (χ4n) is 1.54. The molecule has 1 unspecified atom stereocenters. The first kappa shape index (κ1) is 12.6. The molecular weight excluding hydrogens is 208 g/mol. The smallest absolute Gasteiger partial charge is 0.0641 e. The number of thiophene rings is 1. The zero-order chi connectivity index (χ0) is 11.5. The Morgan fingerprint density at radius 3 is 2.67 bits per heavy atom. The van der Waals surface area contributed by atoms with E-state index in [0.29, 0.717) is 0 Å².